The van der Waals surface area contributed by atoms with E-state index >= 15 is 0 Å². The van der Waals surface area contributed by atoms with E-state index in [1.165, 1.54) is 0 Å². The molecule has 0 radical (unpaired) electrons. The van der Waals surface area contributed by atoms with Gasteiger partial charge in [0.25, 0.3) is 0 Å². The average Bonchev–Trinajstić information content (AvgIpc) is 2.63. The van der Waals surface area contributed by atoms with Gasteiger partial charge < -0.3 is 10.5 Å². The molecule has 2 fully saturated rings. The molecule has 0 amide bonds. The highest BCUT2D eigenvalue weighted by Gasteiger charge is 2.63. The van der Waals surface area contributed by atoms with Gasteiger partial charge >= 0.3 is 12.3 Å². The first-order chi connectivity index (χ1) is 7.38. The van der Waals surface area contributed by atoms with E-state index in [1.54, 1.807) is 0 Å². The third kappa shape index (κ3) is 1.93. The summed E-state index contributed by atoms with van der Waals surface area (Å²) in [5, 5.41) is 0. The molecule has 0 spiro atoms. The van der Waals surface area contributed by atoms with Crippen LogP contribution in [0, 0.1) is 11.8 Å². The van der Waals surface area contributed by atoms with Crippen LogP contribution < -0.4 is 5.73 Å². The van der Waals surface area contributed by atoms with Crippen LogP contribution in [-0.4, -0.2) is 31.1 Å². The van der Waals surface area contributed by atoms with Gasteiger partial charge in [0.15, 0.2) is 0 Å². The lowest BCUT2D eigenvalue weighted by Gasteiger charge is -2.19. The molecule has 2 rings (SSSR count). The number of rotatable bonds is 5. The molecule has 0 aromatic rings. The fourth-order valence-electron chi connectivity index (χ4n) is 2.77. The zero-order valence-electron chi connectivity index (χ0n) is 8.77. The highest BCUT2D eigenvalue weighted by molar-refractivity contribution is 5.18. The van der Waals surface area contributed by atoms with Crippen molar-refractivity contribution in [2.75, 3.05) is 13.2 Å². The van der Waals surface area contributed by atoms with Crippen LogP contribution in [0.15, 0.2) is 0 Å². The summed E-state index contributed by atoms with van der Waals surface area (Å²) in [6.07, 6.45) is -0.576. The highest BCUT2D eigenvalue weighted by Crippen LogP contribution is 2.59. The van der Waals surface area contributed by atoms with Gasteiger partial charge in [-0.1, -0.05) is 6.42 Å². The molecule has 6 heteroatoms. The molecule has 0 bridgehead atoms. The lowest BCUT2D eigenvalue weighted by Crippen LogP contribution is -2.38. The van der Waals surface area contributed by atoms with Crippen LogP contribution in [0.1, 0.15) is 19.3 Å². The van der Waals surface area contributed by atoms with Crippen LogP contribution in [0.2, 0.25) is 0 Å². The molecule has 2 N–H and O–H groups in total. The molecule has 2 atom stereocenters. The predicted octanol–water partition coefficient (Wildman–Crippen LogP) is 2.03. The maximum absolute atomic E-state index is 12.5. The molecule has 2 aliphatic rings. The highest BCUT2D eigenvalue weighted by atomic mass is 19.3. The van der Waals surface area contributed by atoms with Gasteiger partial charge in [-0.15, -0.1) is 0 Å². The number of halogens is 4. The average molecular weight is 241 g/mol. The van der Waals surface area contributed by atoms with Crippen molar-refractivity contribution in [1.29, 1.82) is 0 Å². The van der Waals surface area contributed by atoms with Gasteiger partial charge in [0.05, 0.1) is 6.61 Å². The van der Waals surface area contributed by atoms with E-state index in [0.29, 0.717) is 11.8 Å². The van der Waals surface area contributed by atoms with E-state index in [0.717, 1.165) is 19.3 Å². The van der Waals surface area contributed by atoms with Gasteiger partial charge in [-0.05, 0) is 24.7 Å². The molecule has 94 valence electrons. The number of nitrogens with two attached hydrogens (primary N) is 1. The summed E-state index contributed by atoms with van der Waals surface area (Å²) in [5.74, 6) is -3.39. The summed E-state index contributed by atoms with van der Waals surface area (Å²) in [5.41, 5.74) is 5.41. The van der Waals surface area contributed by atoms with Crippen molar-refractivity contribution in [3.05, 3.63) is 0 Å². The van der Waals surface area contributed by atoms with E-state index in [4.69, 9.17) is 5.73 Å². The first-order valence-electron chi connectivity index (χ1n) is 5.40. The Hall–Kier alpha value is -0.360. The Bertz CT molecular complexity index is 262. The minimum atomic E-state index is -4.07. The lowest BCUT2D eigenvalue weighted by atomic mass is 10.1. The smallest absolute Gasteiger partial charge is 0.330 e. The van der Waals surface area contributed by atoms with Crippen LogP contribution in [-0.2, 0) is 4.74 Å². The normalized spacial score (nSPS) is 37.9. The fourth-order valence-corrected chi connectivity index (χ4v) is 2.77. The molecule has 0 aliphatic heterocycles. The Morgan fingerprint density at radius 2 is 1.88 bits per heavy atom. The summed E-state index contributed by atoms with van der Waals surface area (Å²) in [4.78, 5) is 0. The third-order valence-corrected chi connectivity index (χ3v) is 3.75. The monoisotopic (exact) mass is 241 g/mol. The Kier molecular flexibility index (Phi) is 2.90. The lowest BCUT2D eigenvalue weighted by molar-refractivity contribution is -0.167. The van der Waals surface area contributed by atoms with Crippen LogP contribution in [0.5, 0.6) is 0 Å². The summed E-state index contributed by atoms with van der Waals surface area (Å²) < 4.78 is 53.3. The molecular formula is C10H15F4NO. The van der Waals surface area contributed by atoms with Crippen molar-refractivity contribution in [3.63, 3.8) is 0 Å². The van der Waals surface area contributed by atoms with Gasteiger partial charge in [-0.25, -0.2) is 8.78 Å². The molecule has 0 aromatic carbocycles. The predicted molar refractivity (Wildman–Crippen MR) is 49.5 cm³/mol. The molecule has 0 heterocycles. The van der Waals surface area contributed by atoms with Crippen LogP contribution in [0.25, 0.3) is 0 Å². The first-order valence-corrected chi connectivity index (χ1v) is 5.40. The maximum Gasteiger partial charge on any atom is 0.330 e. The van der Waals surface area contributed by atoms with Crippen molar-refractivity contribution in [3.8, 4) is 0 Å². The van der Waals surface area contributed by atoms with Crippen molar-refractivity contribution in [2.45, 2.75) is 37.1 Å². The molecule has 2 aliphatic carbocycles. The second-order valence-corrected chi connectivity index (χ2v) is 4.81. The zero-order valence-corrected chi connectivity index (χ0v) is 8.77. The summed E-state index contributed by atoms with van der Waals surface area (Å²) in [6, 6.07) is 0. The Labute approximate surface area is 91.1 Å². The number of alkyl halides is 4. The van der Waals surface area contributed by atoms with Gasteiger partial charge in [-0.3, -0.25) is 0 Å². The van der Waals surface area contributed by atoms with Gasteiger partial charge in [-0.2, -0.15) is 8.78 Å². The quantitative estimate of drug-likeness (QED) is 0.747. The van der Waals surface area contributed by atoms with Crippen LogP contribution in [0.3, 0.4) is 0 Å². The zero-order chi connectivity index (χ0) is 12.0. The molecule has 2 nitrogen and oxygen atoms in total. The van der Waals surface area contributed by atoms with Gasteiger partial charge in [0.1, 0.15) is 6.61 Å². The van der Waals surface area contributed by atoms with Crippen molar-refractivity contribution in [1.82, 2.24) is 0 Å². The number of ether oxygens (including phenoxy) is 1. The molecule has 16 heavy (non-hydrogen) atoms. The Morgan fingerprint density at radius 1 is 1.31 bits per heavy atom. The summed E-state index contributed by atoms with van der Waals surface area (Å²) >= 11 is 0. The maximum atomic E-state index is 12.5. The molecule has 2 saturated carbocycles. The van der Waals surface area contributed by atoms with Gasteiger partial charge in [0, 0.05) is 5.54 Å². The van der Waals surface area contributed by atoms with E-state index in [1.807, 2.05) is 0 Å². The van der Waals surface area contributed by atoms with E-state index in [9.17, 15) is 17.6 Å². The topological polar surface area (TPSA) is 35.2 Å². The minimum absolute atomic E-state index is 0.0371. The molecule has 0 saturated heterocycles. The summed E-state index contributed by atoms with van der Waals surface area (Å²) in [7, 11) is 0. The van der Waals surface area contributed by atoms with E-state index in [2.05, 4.69) is 4.74 Å². The van der Waals surface area contributed by atoms with Crippen LogP contribution in [0.4, 0.5) is 17.6 Å². The van der Waals surface area contributed by atoms with Crippen molar-refractivity contribution >= 4 is 0 Å². The molecule has 2 unspecified atom stereocenters. The van der Waals surface area contributed by atoms with Gasteiger partial charge in [0.2, 0.25) is 0 Å². The second kappa shape index (κ2) is 3.84. The summed E-state index contributed by atoms with van der Waals surface area (Å²) in [6.45, 7) is -1.28. The SMILES string of the molecule is NC1(COCC(F)(F)C(F)F)C2CCCC21. The second-order valence-electron chi connectivity index (χ2n) is 4.81. The fraction of sp³-hybridized carbons (Fsp3) is 1.00. The largest absolute Gasteiger partial charge is 0.373 e. The minimum Gasteiger partial charge on any atom is -0.373 e. The van der Waals surface area contributed by atoms with E-state index < -0.39 is 24.5 Å². The number of hydrogen-bond acceptors (Lipinski definition) is 2. The molecular weight excluding hydrogens is 226 g/mol. The number of fused-ring (bicyclic) bond motifs is 1. The van der Waals surface area contributed by atoms with E-state index in [-0.39, 0.29) is 6.61 Å². The molecule has 0 aromatic heterocycles. The standard InChI is InChI=1S/C10H15F4NO/c11-8(12)10(13,14)5-16-4-9(15)6-2-1-3-7(6)9/h6-8H,1-5,15H2. The Morgan fingerprint density at radius 3 is 2.38 bits per heavy atom. The van der Waals surface area contributed by atoms with Crippen molar-refractivity contribution < 1.29 is 22.3 Å². The number of hydrogen-bond donors (Lipinski definition) is 1. The third-order valence-electron chi connectivity index (χ3n) is 3.75. The Balaban J connectivity index is 1.73. The first kappa shape index (κ1) is 12.1. The van der Waals surface area contributed by atoms with Crippen LogP contribution >= 0.6 is 0 Å². The van der Waals surface area contributed by atoms with Crippen molar-refractivity contribution in [2.24, 2.45) is 17.6 Å².